The lowest BCUT2D eigenvalue weighted by Crippen LogP contribution is -2.49. The fourth-order valence-corrected chi connectivity index (χ4v) is 3.22. The highest BCUT2D eigenvalue weighted by Crippen LogP contribution is 2.17. The SMILES string of the molecule is O=C(C[n+]1cccc(-c2ccccc2)c1)NC(=O)NC1CCCCC1. The minimum Gasteiger partial charge on any atom is -0.335 e. The van der Waals surface area contributed by atoms with Gasteiger partial charge in [-0.25, -0.2) is 4.79 Å². The molecule has 1 aromatic heterocycles. The Morgan fingerprint density at radius 1 is 0.960 bits per heavy atom. The summed E-state index contributed by atoms with van der Waals surface area (Å²) >= 11 is 0. The van der Waals surface area contributed by atoms with Gasteiger partial charge >= 0.3 is 6.03 Å². The van der Waals surface area contributed by atoms with E-state index in [1.807, 2.05) is 54.9 Å². The van der Waals surface area contributed by atoms with Crippen molar-refractivity contribution in [1.82, 2.24) is 10.6 Å². The number of nitrogens with zero attached hydrogens (tertiary/aromatic N) is 1. The highest BCUT2D eigenvalue weighted by Gasteiger charge is 2.18. The quantitative estimate of drug-likeness (QED) is 0.842. The predicted octanol–water partition coefficient (Wildman–Crippen LogP) is 2.80. The highest BCUT2D eigenvalue weighted by atomic mass is 16.2. The molecule has 1 heterocycles. The minimum absolute atomic E-state index is 0.110. The first-order valence-corrected chi connectivity index (χ1v) is 8.85. The van der Waals surface area contributed by atoms with Gasteiger partial charge in [0.1, 0.15) is 0 Å². The molecule has 0 aliphatic heterocycles. The van der Waals surface area contributed by atoms with Crippen molar-refractivity contribution >= 4 is 11.9 Å². The number of urea groups is 1. The van der Waals surface area contributed by atoms with E-state index in [-0.39, 0.29) is 18.5 Å². The molecule has 1 fully saturated rings. The molecule has 0 atom stereocenters. The Morgan fingerprint density at radius 3 is 2.44 bits per heavy atom. The van der Waals surface area contributed by atoms with Crippen LogP contribution in [0.4, 0.5) is 4.79 Å². The van der Waals surface area contributed by atoms with Gasteiger partial charge in [-0.1, -0.05) is 49.6 Å². The third kappa shape index (κ3) is 5.14. The van der Waals surface area contributed by atoms with Crippen LogP contribution in [0.5, 0.6) is 0 Å². The Morgan fingerprint density at radius 2 is 1.68 bits per heavy atom. The number of nitrogens with one attached hydrogen (secondary N) is 2. The molecule has 2 N–H and O–H groups in total. The van der Waals surface area contributed by atoms with Gasteiger partial charge in [0.25, 0.3) is 5.91 Å². The molecule has 5 nitrogen and oxygen atoms in total. The van der Waals surface area contributed by atoms with E-state index in [0.29, 0.717) is 0 Å². The fraction of sp³-hybridized carbons (Fsp3) is 0.350. The first-order valence-electron chi connectivity index (χ1n) is 8.85. The number of amides is 3. The summed E-state index contributed by atoms with van der Waals surface area (Å²) in [6.45, 7) is 0.110. The predicted molar refractivity (Wildman–Crippen MR) is 95.6 cm³/mol. The third-order valence-corrected chi connectivity index (χ3v) is 4.48. The van der Waals surface area contributed by atoms with Gasteiger partial charge < -0.3 is 5.32 Å². The van der Waals surface area contributed by atoms with E-state index in [2.05, 4.69) is 10.6 Å². The van der Waals surface area contributed by atoms with Gasteiger partial charge in [-0.15, -0.1) is 0 Å². The molecular weight excluding hydrogens is 314 g/mol. The Balaban J connectivity index is 1.55. The number of carbonyl (C=O) groups is 2. The summed E-state index contributed by atoms with van der Waals surface area (Å²) in [5, 5.41) is 5.32. The molecule has 3 rings (SSSR count). The first-order chi connectivity index (χ1) is 12.2. The molecule has 1 aliphatic rings. The van der Waals surface area contributed by atoms with Crippen LogP contribution in [0.1, 0.15) is 32.1 Å². The zero-order chi connectivity index (χ0) is 17.5. The topological polar surface area (TPSA) is 62.1 Å². The maximum absolute atomic E-state index is 12.1. The summed E-state index contributed by atoms with van der Waals surface area (Å²) < 4.78 is 1.78. The molecule has 0 saturated heterocycles. The van der Waals surface area contributed by atoms with Crippen LogP contribution in [0, 0.1) is 0 Å². The molecule has 0 unspecified atom stereocenters. The van der Waals surface area contributed by atoms with Crippen LogP contribution < -0.4 is 15.2 Å². The van der Waals surface area contributed by atoms with Crippen molar-refractivity contribution in [3.05, 3.63) is 54.9 Å². The second-order valence-electron chi connectivity index (χ2n) is 6.49. The lowest BCUT2D eigenvalue weighted by molar-refractivity contribution is -0.683. The number of aromatic nitrogens is 1. The molecule has 1 aliphatic carbocycles. The standard InChI is InChI=1S/C20H23N3O2/c24-19(22-20(25)21-18-11-5-2-6-12-18)15-23-13-7-10-17(14-23)16-8-3-1-4-9-16/h1,3-4,7-10,13-14,18H,2,5-6,11-12,15H2,(H-,21,22,24,25)/p+1. The zero-order valence-corrected chi connectivity index (χ0v) is 14.3. The van der Waals surface area contributed by atoms with Gasteiger partial charge in [-0.2, -0.15) is 4.57 Å². The fourth-order valence-electron chi connectivity index (χ4n) is 3.22. The van der Waals surface area contributed by atoms with E-state index in [0.717, 1.165) is 36.8 Å². The molecule has 25 heavy (non-hydrogen) atoms. The number of rotatable bonds is 4. The van der Waals surface area contributed by atoms with Crippen LogP contribution in [-0.4, -0.2) is 18.0 Å². The van der Waals surface area contributed by atoms with Crippen LogP contribution in [0.3, 0.4) is 0 Å². The number of imide groups is 1. The van der Waals surface area contributed by atoms with Gasteiger partial charge in [0, 0.05) is 17.7 Å². The third-order valence-electron chi connectivity index (χ3n) is 4.48. The normalized spacial score (nSPS) is 14.7. The maximum Gasteiger partial charge on any atom is 0.321 e. The van der Waals surface area contributed by atoms with Crippen LogP contribution in [0.2, 0.25) is 0 Å². The maximum atomic E-state index is 12.1. The number of hydrogen-bond donors (Lipinski definition) is 2. The average molecular weight is 338 g/mol. The molecule has 1 saturated carbocycles. The van der Waals surface area contributed by atoms with Crippen molar-refractivity contribution in [2.24, 2.45) is 0 Å². The molecule has 0 bridgehead atoms. The summed E-state index contributed by atoms with van der Waals surface area (Å²) in [7, 11) is 0. The van der Waals surface area contributed by atoms with E-state index in [4.69, 9.17) is 0 Å². The summed E-state index contributed by atoms with van der Waals surface area (Å²) in [4.78, 5) is 24.1. The number of hydrogen-bond acceptors (Lipinski definition) is 2. The Bertz CT molecular complexity index is 725. The van der Waals surface area contributed by atoms with Gasteiger partial charge in [-0.3, -0.25) is 10.1 Å². The Kier molecular flexibility index (Phi) is 5.77. The largest absolute Gasteiger partial charge is 0.335 e. The summed E-state index contributed by atoms with van der Waals surface area (Å²) in [5.41, 5.74) is 2.12. The van der Waals surface area contributed by atoms with Gasteiger partial charge in [-0.05, 0) is 24.5 Å². The van der Waals surface area contributed by atoms with E-state index < -0.39 is 6.03 Å². The van der Waals surface area contributed by atoms with E-state index in [9.17, 15) is 9.59 Å². The molecule has 2 aromatic rings. The van der Waals surface area contributed by atoms with Crippen LogP contribution >= 0.6 is 0 Å². The Hall–Kier alpha value is -2.69. The summed E-state index contributed by atoms with van der Waals surface area (Å²) in [6, 6.07) is 13.7. The molecule has 3 amide bonds. The average Bonchev–Trinajstić information content (AvgIpc) is 2.63. The molecule has 130 valence electrons. The van der Waals surface area contributed by atoms with Crippen molar-refractivity contribution < 1.29 is 14.2 Å². The Labute approximate surface area is 148 Å². The number of benzene rings is 1. The van der Waals surface area contributed by atoms with Crippen LogP contribution in [-0.2, 0) is 11.3 Å². The summed E-state index contributed by atoms with van der Waals surface area (Å²) in [5.74, 6) is -0.316. The van der Waals surface area contributed by atoms with Crippen molar-refractivity contribution in [3.63, 3.8) is 0 Å². The minimum atomic E-state index is -0.392. The van der Waals surface area contributed by atoms with Gasteiger partial charge in [0.2, 0.25) is 6.54 Å². The number of pyridine rings is 1. The van der Waals surface area contributed by atoms with E-state index >= 15 is 0 Å². The smallest absolute Gasteiger partial charge is 0.321 e. The lowest BCUT2D eigenvalue weighted by Gasteiger charge is -2.22. The molecule has 1 aromatic carbocycles. The van der Waals surface area contributed by atoms with Crippen molar-refractivity contribution in [3.8, 4) is 11.1 Å². The van der Waals surface area contributed by atoms with Gasteiger partial charge in [0.15, 0.2) is 12.4 Å². The van der Waals surface area contributed by atoms with Crippen molar-refractivity contribution in [2.75, 3.05) is 0 Å². The molecular formula is C20H24N3O2+. The second-order valence-corrected chi connectivity index (χ2v) is 6.49. The van der Waals surface area contributed by atoms with Crippen LogP contribution in [0.15, 0.2) is 54.9 Å². The molecule has 0 spiro atoms. The molecule has 5 heteroatoms. The second kappa shape index (κ2) is 8.42. The summed E-state index contributed by atoms with van der Waals surface area (Å²) in [6.07, 6.45) is 9.24. The molecule has 0 radical (unpaired) electrons. The van der Waals surface area contributed by atoms with E-state index in [1.54, 1.807) is 4.57 Å². The monoisotopic (exact) mass is 338 g/mol. The van der Waals surface area contributed by atoms with Crippen LogP contribution in [0.25, 0.3) is 11.1 Å². The highest BCUT2D eigenvalue weighted by molar-refractivity contribution is 5.93. The lowest BCUT2D eigenvalue weighted by atomic mass is 9.96. The van der Waals surface area contributed by atoms with Gasteiger partial charge in [0.05, 0.1) is 0 Å². The van der Waals surface area contributed by atoms with E-state index in [1.165, 1.54) is 6.42 Å². The van der Waals surface area contributed by atoms with Crippen molar-refractivity contribution in [1.29, 1.82) is 0 Å². The first kappa shape index (κ1) is 17.1. The number of carbonyl (C=O) groups excluding carboxylic acids is 2. The zero-order valence-electron chi connectivity index (χ0n) is 14.3. The van der Waals surface area contributed by atoms with Crippen molar-refractivity contribution in [2.45, 2.75) is 44.7 Å².